The molecule has 0 unspecified atom stereocenters. The fraction of sp³-hybridized carbons (Fsp3) is 0.500. The monoisotopic (exact) mass is 310 g/mol. The molecule has 0 spiro atoms. The van der Waals surface area contributed by atoms with Gasteiger partial charge in [-0.1, -0.05) is 15.9 Å². The molecular weight excluding hydrogens is 292 g/mol. The number of hydrogen-bond donors (Lipinski definition) is 2. The molecule has 98 valence electrons. The summed E-state index contributed by atoms with van der Waals surface area (Å²) in [4.78, 5) is 12.0. The van der Waals surface area contributed by atoms with Crippen LogP contribution in [0.4, 0.5) is 5.69 Å². The van der Waals surface area contributed by atoms with Crippen molar-refractivity contribution in [2.45, 2.75) is 26.2 Å². The van der Waals surface area contributed by atoms with E-state index < -0.39 is 0 Å². The number of carbonyl (C=O) groups is 1. The summed E-state index contributed by atoms with van der Waals surface area (Å²) >= 11 is 3.42. The van der Waals surface area contributed by atoms with E-state index in [9.17, 15) is 4.79 Å². The molecule has 3 nitrogen and oxygen atoms in total. The lowest BCUT2D eigenvalue weighted by atomic mass is 9.94. The van der Waals surface area contributed by atoms with Gasteiger partial charge in [0.05, 0.1) is 0 Å². The third kappa shape index (κ3) is 3.82. The van der Waals surface area contributed by atoms with Gasteiger partial charge >= 0.3 is 0 Å². The molecule has 1 amide bonds. The average Bonchev–Trinajstić information content (AvgIpc) is 2.34. The lowest BCUT2D eigenvalue weighted by Crippen LogP contribution is -2.30. The third-order valence-electron chi connectivity index (χ3n) is 3.40. The van der Waals surface area contributed by atoms with Gasteiger partial charge < -0.3 is 10.6 Å². The molecule has 1 heterocycles. The van der Waals surface area contributed by atoms with Gasteiger partial charge in [0, 0.05) is 16.6 Å². The van der Waals surface area contributed by atoms with Crippen molar-refractivity contribution >= 4 is 27.5 Å². The molecule has 1 aromatic carbocycles. The van der Waals surface area contributed by atoms with Gasteiger partial charge in [0.15, 0.2) is 0 Å². The summed E-state index contributed by atoms with van der Waals surface area (Å²) in [5.41, 5.74) is 2.00. The maximum absolute atomic E-state index is 12.0. The second-order valence-corrected chi connectivity index (χ2v) is 5.82. The number of amides is 1. The first-order valence-corrected chi connectivity index (χ1v) is 7.21. The summed E-state index contributed by atoms with van der Waals surface area (Å²) in [6.07, 6.45) is 2.84. The van der Waals surface area contributed by atoms with Crippen LogP contribution in [0.15, 0.2) is 22.7 Å². The molecule has 2 rings (SSSR count). The van der Waals surface area contributed by atoms with Crippen LogP contribution in [0, 0.1) is 12.8 Å². The van der Waals surface area contributed by atoms with Crippen molar-refractivity contribution < 1.29 is 4.79 Å². The summed E-state index contributed by atoms with van der Waals surface area (Å²) in [5, 5.41) is 6.32. The van der Waals surface area contributed by atoms with Crippen molar-refractivity contribution in [3.8, 4) is 0 Å². The standard InChI is InChI=1S/C14H19BrN2O/c1-10-8-12(15)2-3-13(10)17-14(18)9-11-4-6-16-7-5-11/h2-3,8,11,16H,4-7,9H2,1H3,(H,17,18). The van der Waals surface area contributed by atoms with Gasteiger partial charge in [0.25, 0.3) is 0 Å². The smallest absolute Gasteiger partial charge is 0.224 e. The van der Waals surface area contributed by atoms with E-state index in [1.807, 2.05) is 25.1 Å². The maximum Gasteiger partial charge on any atom is 0.224 e. The van der Waals surface area contributed by atoms with Crippen LogP contribution in [0.3, 0.4) is 0 Å². The Balaban J connectivity index is 1.90. The normalized spacial score (nSPS) is 16.6. The van der Waals surface area contributed by atoms with E-state index in [2.05, 4.69) is 26.6 Å². The fourth-order valence-corrected chi connectivity index (χ4v) is 2.79. The molecule has 18 heavy (non-hydrogen) atoms. The first kappa shape index (κ1) is 13.6. The topological polar surface area (TPSA) is 41.1 Å². The molecule has 0 aromatic heterocycles. The highest BCUT2D eigenvalue weighted by molar-refractivity contribution is 9.10. The average molecular weight is 311 g/mol. The van der Waals surface area contributed by atoms with Crippen molar-refractivity contribution in [1.82, 2.24) is 5.32 Å². The van der Waals surface area contributed by atoms with Crippen LogP contribution >= 0.6 is 15.9 Å². The molecular formula is C14H19BrN2O. The van der Waals surface area contributed by atoms with Gasteiger partial charge in [0.2, 0.25) is 5.91 Å². The van der Waals surface area contributed by atoms with Crippen LogP contribution in [-0.2, 0) is 4.79 Å². The molecule has 1 aromatic rings. The van der Waals surface area contributed by atoms with Gasteiger partial charge in [-0.25, -0.2) is 0 Å². The molecule has 1 fully saturated rings. The number of aryl methyl sites for hydroxylation is 1. The Hall–Kier alpha value is -0.870. The van der Waals surface area contributed by atoms with E-state index in [4.69, 9.17) is 0 Å². The van der Waals surface area contributed by atoms with Crippen molar-refractivity contribution in [2.24, 2.45) is 5.92 Å². The quantitative estimate of drug-likeness (QED) is 0.901. The summed E-state index contributed by atoms with van der Waals surface area (Å²) in [5.74, 6) is 0.661. The maximum atomic E-state index is 12.0. The van der Waals surface area contributed by atoms with Crippen LogP contribution in [0.1, 0.15) is 24.8 Å². The van der Waals surface area contributed by atoms with E-state index in [0.29, 0.717) is 12.3 Å². The molecule has 2 N–H and O–H groups in total. The Morgan fingerprint density at radius 1 is 1.44 bits per heavy atom. The lowest BCUT2D eigenvalue weighted by molar-refractivity contribution is -0.117. The minimum absolute atomic E-state index is 0.132. The Kier molecular flexibility index (Phi) is 4.78. The van der Waals surface area contributed by atoms with Crippen LogP contribution < -0.4 is 10.6 Å². The zero-order valence-corrected chi connectivity index (χ0v) is 12.2. The van der Waals surface area contributed by atoms with E-state index in [1.54, 1.807) is 0 Å². The predicted molar refractivity (Wildman–Crippen MR) is 77.7 cm³/mol. The molecule has 0 atom stereocenters. The minimum atomic E-state index is 0.132. The van der Waals surface area contributed by atoms with Crippen LogP contribution in [0.25, 0.3) is 0 Å². The first-order valence-electron chi connectivity index (χ1n) is 6.42. The number of hydrogen-bond acceptors (Lipinski definition) is 2. The van der Waals surface area contributed by atoms with E-state index >= 15 is 0 Å². The largest absolute Gasteiger partial charge is 0.326 e. The summed E-state index contributed by atoms with van der Waals surface area (Å²) in [6, 6.07) is 5.91. The number of benzene rings is 1. The van der Waals surface area contributed by atoms with Crippen LogP contribution in [0.2, 0.25) is 0 Å². The van der Waals surface area contributed by atoms with E-state index in [-0.39, 0.29) is 5.91 Å². The van der Waals surface area contributed by atoms with Gasteiger partial charge in [-0.3, -0.25) is 4.79 Å². The number of nitrogens with one attached hydrogen (secondary N) is 2. The highest BCUT2D eigenvalue weighted by Crippen LogP contribution is 2.21. The lowest BCUT2D eigenvalue weighted by Gasteiger charge is -2.22. The zero-order valence-electron chi connectivity index (χ0n) is 10.6. The molecule has 1 aliphatic rings. The molecule has 0 saturated carbocycles. The van der Waals surface area contributed by atoms with Crippen molar-refractivity contribution in [1.29, 1.82) is 0 Å². The number of rotatable bonds is 3. The Morgan fingerprint density at radius 3 is 2.83 bits per heavy atom. The van der Waals surface area contributed by atoms with E-state index in [0.717, 1.165) is 41.7 Å². The summed E-state index contributed by atoms with van der Waals surface area (Å²) in [7, 11) is 0. The predicted octanol–water partition coefficient (Wildman–Crippen LogP) is 3.09. The van der Waals surface area contributed by atoms with Gasteiger partial charge in [-0.2, -0.15) is 0 Å². The molecule has 0 aliphatic carbocycles. The molecule has 4 heteroatoms. The summed E-state index contributed by atoms with van der Waals surface area (Å²) in [6.45, 7) is 4.08. The molecule has 1 saturated heterocycles. The number of anilines is 1. The number of carbonyl (C=O) groups excluding carboxylic acids is 1. The third-order valence-corrected chi connectivity index (χ3v) is 3.89. The molecule has 0 bridgehead atoms. The van der Waals surface area contributed by atoms with Crippen molar-refractivity contribution in [3.05, 3.63) is 28.2 Å². The van der Waals surface area contributed by atoms with Gasteiger partial charge in [-0.05, 0) is 62.5 Å². The van der Waals surface area contributed by atoms with Gasteiger partial charge in [0.1, 0.15) is 0 Å². The van der Waals surface area contributed by atoms with Crippen LogP contribution in [0.5, 0.6) is 0 Å². The van der Waals surface area contributed by atoms with Crippen LogP contribution in [-0.4, -0.2) is 19.0 Å². The molecule has 1 aliphatic heterocycles. The second-order valence-electron chi connectivity index (χ2n) is 4.90. The number of piperidine rings is 1. The van der Waals surface area contributed by atoms with E-state index in [1.165, 1.54) is 0 Å². The zero-order chi connectivity index (χ0) is 13.0. The Bertz CT molecular complexity index is 428. The SMILES string of the molecule is Cc1cc(Br)ccc1NC(=O)CC1CCNCC1. The first-order chi connectivity index (χ1) is 8.65. The Morgan fingerprint density at radius 2 is 2.17 bits per heavy atom. The van der Waals surface area contributed by atoms with Gasteiger partial charge in [-0.15, -0.1) is 0 Å². The number of halogens is 1. The molecule has 0 radical (unpaired) electrons. The highest BCUT2D eigenvalue weighted by Gasteiger charge is 2.17. The van der Waals surface area contributed by atoms with Crippen molar-refractivity contribution in [2.75, 3.05) is 18.4 Å². The van der Waals surface area contributed by atoms with Crippen molar-refractivity contribution in [3.63, 3.8) is 0 Å². The summed E-state index contributed by atoms with van der Waals surface area (Å²) < 4.78 is 1.04. The second kappa shape index (κ2) is 6.34. The highest BCUT2D eigenvalue weighted by atomic mass is 79.9. The minimum Gasteiger partial charge on any atom is -0.326 e. The fourth-order valence-electron chi connectivity index (χ4n) is 2.32. The Labute approximate surface area is 116 Å².